The van der Waals surface area contributed by atoms with E-state index in [4.69, 9.17) is 0 Å². The number of carbonyl (C=O) groups excluding carboxylic acids is 1. The first kappa shape index (κ1) is 23.7. The van der Waals surface area contributed by atoms with Crippen LogP contribution in [0.4, 0.5) is 4.39 Å². The van der Waals surface area contributed by atoms with E-state index in [2.05, 4.69) is 66.7 Å². The third-order valence-corrected chi connectivity index (χ3v) is 6.30. The van der Waals surface area contributed by atoms with Gasteiger partial charge in [-0.15, -0.1) is 0 Å². The topological polar surface area (TPSA) is 46.9 Å². The van der Waals surface area contributed by atoms with E-state index in [0.717, 1.165) is 22.2 Å². The maximum Gasteiger partial charge on any atom is 0.225 e. The Labute approximate surface area is 200 Å². The Morgan fingerprint density at radius 3 is 2.26 bits per heavy atom. The molecule has 0 radical (unpaired) electrons. The number of nitrogens with zero attached hydrogens (tertiary/aromatic N) is 2. The second kappa shape index (κ2) is 9.05. The highest BCUT2D eigenvalue weighted by Crippen LogP contribution is 2.41. The van der Waals surface area contributed by atoms with Gasteiger partial charge in [0.25, 0.3) is 0 Å². The van der Waals surface area contributed by atoms with Gasteiger partial charge in [-0.05, 0) is 52.9 Å². The molecule has 1 aromatic heterocycles. The predicted molar refractivity (Wildman–Crippen MR) is 136 cm³/mol. The number of aromatic nitrogens is 2. The largest absolute Gasteiger partial charge is 0.355 e. The van der Waals surface area contributed by atoms with Gasteiger partial charge in [0.15, 0.2) is 0 Å². The van der Waals surface area contributed by atoms with Crippen LogP contribution in [0.3, 0.4) is 0 Å². The number of benzene rings is 3. The summed E-state index contributed by atoms with van der Waals surface area (Å²) in [7, 11) is 0. The van der Waals surface area contributed by atoms with Gasteiger partial charge in [-0.25, -0.2) is 9.07 Å². The molecule has 0 fully saturated rings. The molecule has 4 rings (SSSR count). The SMILES string of the molecule is CC(C)(C)C(=O)NCC(C)(C)C(c1ccccc1)c1ccc2c(cnn2-c2ccc(F)cc2)c1. The molecule has 0 aliphatic carbocycles. The second-order valence-corrected chi connectivity index (χ2v) is 10.6. The van der Waals surface area contributed by atoms with Crippen LogP contribution in [-0.4, -0.2) is 22.2 Å². The highest BCUT2D eigenvalue weighted by molar-refractivity contribution is 5.82. The number of rotatable bonds is 6. The molecule has 1 unspecified atom stereocenters. The van der Waals surface area contributed by atoms with Crippen LogP contribution in [0.25, 0.3) is 16.6 Å². The van der Waals surface area contributed by atoms with E-state index in [1.54, 1.807) is 12.1 Å². The zero-order chi connectivity index (χ0) is 24.5. The number of hydrogen-bond acceptors (Lipinski definition) is 2. The van der Waals surface area contributed by atoms with Gasteiger partial charge in [0.05, 0.1) is 17.4 Å². The van der Waals surface area contributed by atoms with Crippen LogP contribution < -0.4 is 5.32 Å². The number of halogens is 1. The molecule has 176 valence electrons. The summed E-state index contributed by atoms with van der Waals surface area (Å²) in [5, 5.41) is 8.73. The predicted octanol–water partition coefficient (Wildman–Crippen LogP) is 6.49. The van der Waals surface area contributed by atoms with E-state index in [1.165, 1.54) is 17.7 Å². The summed E-state index contributed by atoms with van der Waals surface area (Å²) in [5.74, 6) is -0.162. The Morgan fingerprint density at radius 1 is 0.941 bits per heavy atom. The molecule has 5 heteroatoms. The quantitative estimate of drug-likeness (QED) is 0.360. The average molecular weight is 458 g/mol. The Kier molecular flexibility index (Phi) is 6.30. The van der Waals surface area contributed by atoms with Gasteiger partial charge in [0, 0.05) is 23.3 Å². The van der Waals surface area contributed by atoms with E-state index in [1.807, 2.05) is 37.7 Å². The molecular formula is C29H32FN3O. The first-order chi connectivity index (χ1) is 16.1. The van der Waals surface area contributed by atoms with E-state index in [-0.39, 0.29) is 23.1 Å². The Hall–Kier alpha value is -3.47. The Morgan fingerprint density at radius 2 is 1.62 bits per heavy atom. The highest BCUT2D eigenvalue weighted by atomic mass is 19.1. The lowest BCUT2D eigenvalue weighted by Gasteiger charge is -2.36. The molecule has 0 saturated carbocycles. The highest BCUT2D eigenvalue weighted by Gasteiger charge is 2.34. The number of hydrogen-bond donors (Lipinski definition) is 1. The third kappa shape index (κ3) is 4.89. The van der Waals surface area contributed by atoms with Crippen molar-refractivity contribution < 1.29 is 9.18 Å². The van der Waals surface area contributed by atoms with Crippen LogP contribution in [0.5, 0.6) is 0 Å². The minimum absolute atomic E-state index is 0.0448. The number of carbonyl (C=O) groups is 1. The van der Waals surface area contributed by atoms with Crippen LogP contribution in [0.2, 0.25) is 0 Å². The van der Waals surface area contributed by atoms with Crippen LogP contribution >= 0.6 is 0 Å². The van der Waals surface area contributed by atoms with Crippen molar-refractivity contribution in [3.8, 4) is 5.69 Å². The smallest absolute Gasteiger partial charge is 0.225 e. The van der Waals surface area contributed by atoms with Gasteiger partial charge in [-0.1, -0.05) is 71.0 Å². The zero-order valence-corrected chi connectivity index (χ0v) is 20.5. The second-order valence-electron chi connectivity index (χ2n) is 10.6. The monoisotopic (exact) mass is 457 g/mol. The lowest BCUT2D eigenvalue weighted by Crippen LogP contribution is -2.42. The van der Waals surface area contributed by atoms with Crippen molar-refractivity contribution in [1.82, 2.24) is 15.1 Å². The van der Waals surface area contributed by atoms with Crippen molar-refractivity contribution in [1.29, 1.82) is 0 Å². The first-order valence-electron chi connectivity index (χ1n) is 11.6. The van der Waals surface area contributed by atoms with Crippen LogP contribution in [-0.2, 0) is 4.79 Å². The lowest BCUT2D eigenvalue weighted by atomic mass is 9.71. The molecule has 3 aromatic carbocycles. The maximum absolute atomic E-state index is 13.4. The summed E-state index contributed by atoms with van der Waals surface area (Å²) in [6, 6.07) is 23.1. The van der Waals surface area contributed by atoms with Crippen molar-refractivity contribution in [2.24, 2.45) is 10.8 Å². The molecule has 0 bridgehead atoms. The summed E-state index contributed by atoms with van der Waals surface area (Å²) < 4.78 is 15.2. The fourth-order valence-corrected chi connectivity index (χ4v) is 4.43. The molecule has 0 saturated heterocycles. The molecule has 1 amide bonds. The summed E-state index contributed by atoms with van der Waals surface area (Å²) in [6.45, 7) is 10.7. The summed E-state index contributed by atoms with van der Waals surface area (Å²) >= 11 is 0. The standard InChI is InChI=1S/C29H32FN3O/c1-28(2,3)27(34)31-19-29(4,5)26(20-9-7-6-8-10-20)21-11-16-25-22(17-21)18-32-33(25)24-14-12-23(30)13-15-24/h6-18,26H,19H2,1-5H3,(H,31,34). The molecule has 1 N–H and O–H groups in total. The molecule has 1 heterocycles. The molecular weight excluding hydrogens is 425 g/mol. The van der Waals surface area contributed by atoms with Crippen LogP contribution in [0, 0.1) is 16.6 Å². The maximum atomic E-state index is 13.4. The van der Waals surface area contributed by atoms with Gasteiger partial charge in [0.1, 0.15) is 5.82 Å². The fraction of sp³-hybridized carbons (Fsp3) is 0.310. The first-order valence-corrected chi connectivity index (χ1v) is 11.6. The molecule has 0 spiro atoms. The van der Waals surface area contributed by atoms with Crippen molar-refractivity contribution in [2.75, 3.05) is 6.54 Å². The summed E-state index contributed by atoms with van der Waals surface area (Å²) in [6.07, 6.45) is 1.85. The molecule has 4 nitrogen and oxygen atoms in total. The Balaban J connectivity index is 1.72. The van der Waals surface area contributed by atoms with E-state index < -0.39 is 5.41 Å². The number of amides is 1. The molecule has 34 heavy (non-hydrogen) atoms. The van der Waals surface area contributed by atoms with Crippen LogP contribution in [0.1, 0.15) is 51.7 Å². The molecule has 0 aliphatic heterocycles. The van der Waals surface area contributed by atoms with E-state index in [9.17, 15) is 9.18 Å². The molecule has 1 atom stereocenters. The summed E-state index contributed by atoms with van der Waals surface area (Å²) in [5.41, 5.74) is 3.44. The van der Waals surface area contributed by atoms with E-state index >= 15 is 0 Å². The zero-order valence-electron chi connectivity index (χ0n) is 20.5. The van der Waals surface area contributed by atoms with Gasteiger partial charge in [0.2, 0.25) is 5.91 Å². The van der Waals surface area contributed by atoms with Gasteiger partial charge in [-0.2, -0.15) is 5.10 Å². The van der Waals surface area contributed by atoms with Gasteiger partial charge >= 0.3 is 0 Å². The average Bonchev–Trinajstić information content (AvgIpc) is 3.21. The van der Waals surface area contributed by atoms with Gasteiger partial charge in [-0.3, -0.25) is 4.79 Å². The minimum atomic E-state index is -0.438. The van der Waals surface area contributed by atoms with Crippen LogP contribution in [0.15, 0.2) is 79.0 Å². The third-order valence-electron chi connectivity index (χ3n) is 6.30. The molecule has 4 aromatic rings. The normalized spacial score (nSPS) is 13.1. The van der Waals surface area contributed by atoms with Crippen molar-refractivity contribution >= 4 is 16.8 Å². The van der Waals surface area contributed by atoms with Crippen molar-refractivity contribution in [2.45, 2.75) is 40.5 Å². The fourth-order valence-electron chi connectivity index (χ4n) is 4.43. The lowest BCUT2D eigenvalue weighted by molar-refractivity contribution is -0.129. The minimum Gasteiger partial charge on any atom is -0.355 e. The van der Waals surface area contributed by atoms with Crippen molar-refractivity contribution in [3.63, 3.8) is 0 Å². The Bertz CT molecular complexity index is 1280. The number of fused-ring (bicyclic) bond motifs is 1. The van der Waals surface area contributed by atoms with Crippen molar-refractivity contribution in [3.05, 3.63) is 95.9 Å². The van der Waals surface area contributed by atoms with E-state index in [0.29, 0.717) is 6.54 Å². The number of nitrogens with one attached hydrogen (secondary N) is 1. The van der Waals surface area contributed by atoms with Gasteiger partial charge < -0.3 is 5.32 Å². The summed E-state index contributed by atoms with van der Waals surface area (Å²) in [4.78, 5) is 12.6. The molecule has 0 aliphatic rings.